The van der Waals surface area contributed by atoms with Crippen LogP contribution in [0.4, 0.5) is 0 Å². The predicted octanol–water partition coefficient (Wildman–Crippen LogP) is 4.02. The second-order valence-corrected chi connectivity index (χ2v) is 6.24. The van der Waals surface area contributed by atoms with Crippen molar-refractivity contribution in [2.24, 2.45) is 16.7 Å². The molecular formula is C17H26O3. The lowest BCUT2D eigenvalue weighted by Gasteiger charge is -2.46. The van der Waals surface area contributed by atoms with E-state index >= 15 is 0 Å². The molecule has 0 radical (unpaired) electrons. The summed E-state index contributed by atoms with van der Waals surface area (Å²) in [5, 5.41) is 0. The first-order valence-corrected chi connectivity index (χ1v) is 8.03. The maximum absolute atomic E-state index is 12.6. The van der Waals surface area contributed by atoms with Gasteiger partial charge in [-0.25, -0.2) is 0 Å². The average Bonchev–Trinajstić information content (AvgIpc) is 2.62. The van der Waals surface area contributed by atoms with Gasteiger partial charge in [0.25, 0.3) is 0 Å². The lowest BCUT2D eigenvalue weighted by Crippen LogP contribution is -2.50. The summed E-state index contributed by atoms with van der Waals surface area (Å²) in [5.74, 6) is -0.335. The molecule has 0 spiro atoms. The van der Waals surface area contributed by atoms with Gasteiger partial charge in [0.1, 0.15) is 5.41 Å². The molecule has 3 heteroatoms. The predicted molar refractivity (Wildman–Crippen MR) is 77.9 cm³/mol. The van der Waals surface area contributed by atoms with Gasteiger partial charge in [0.15, 0.2) is 0 Å². The van der Waals surface area contributed by atoms with Gasteiger partial charge in [0.05, 0.1) is 5.41 Å². The second kappa shape index (κ2) is 5.71. The number of hydrogen-bond acceptors (Lipinski definition) is 3. The zero-order chi connectivity index (χ0) is 14.8. The van der Waals surface area contributed by atoms with E-state index in [2.05, 4.69) is 26.8 Å². The molecule has 0 aromatic carbocycles. The normalized spacial score (nSPS) is 36.0. The van der Waals surface area contributed by atoms with Crippen molar-refractivity contribution in [1.29, 1.82) is 0 Å². The molecule has 0 aromatic heterocycles. The van der Waals surface area contributed by atoms with Crippen LogP contribution in [0.2, 0.25) is 0 Å². The number of ether oxygens (including phenoxy) is 1. The van der Waals surface area contributed by atoms with Gasteiger partial charge in [0.2, 0.25) is 0 Å². The lowest BCUT2D eigenvalue weighted by molar-refractivity contribution is -0.156. The quantitative estimate of drug-likeness (QED) is 0.419. The van der Waals surface area contributed by atoms with Crippen molar-refractivity contribution < 1.29 is 14.3 Å². The molecule has 0 N–H and O–H groups in total. The zero-order valence-corrected chi connectivity index (χ0v) is 12.9. The molecule has 1 aliphatic carbocycles. The Morgan fingerprint density at radius 3 is 2.40 bits per heavy atom. The highest BCUT2D eigenvalue weighted by Gasteiger charge is 2.69. The fourth-order valence-corrected chi connectivity index (χ4v) is 4.45. The molecule has 1 fully saturated rings. The van der Waals surface area contributed by atoms with Gasteiger partial charge in [-0.15, -0.1) is 0 Å². The minimum atomic E-state index is -0.701. The number of rotatable bonds is 6. The minimum Gasteiger partial charge on any atom is -0.392 e. The van der Waals surface area contributed by atoms with E-state index in [0.717, 1.165) is 38.5 Å². The van der Waals surface area contributed by atoms with Crippen LogP contribution in [0, 0.1) is 16.7 Å². The maximum atomic E-state index is 12.6. The molecule has 0 saturated carbocycles. The first kappa shape index (κ1) is 15.3. The van der Waals surface area contributed by atoms with Gasteiger partial charge in [-0.3, -0.25) is 9.59 Å². The fraction of sp³-hybridized carbons (Fsp3) is 0.765. The highest BCUT2D eigenvalue weighted by Crippen LogP contribution is 2.61. The summed E-state index contributed by atoms with van der Waals surface area (Å²) in [4.78, 5) is 25.1. The van der Waals surface area contributed by atoms with Gasteiger partial charge < -0.3 is 4.74 Å². The molecule has 3 unspecified atom stereocenters. The maximum Gasteiger partial charge on any atom is 0.324 e. The molecule has 1 heterocycles. The van der Waals surface area contributed by atoms with Crippen LogP contribution in [0.5, 0.6) is 0 Å². The highest BCUT2D eigenvalue weighted by molar-refractivity contribution is 6.03. The van der Waals surface area contributed by atoms with E-state index < -0.39 is 10.8 Å². The molecule has 1 aliphatic heterocycles. The van der Waals surface area contributed by atoms with Gasteiger partial charge in [-0.05, 0) is 31.6 Å². The van der Waals surface area contributed by atoms with Gasteiger partial charge in [-0.1, -0.05) is 52.2 Å². The molecule has 3 nitrogen and oxygen atoms in total. The Morgan fingerprint density at radius 2 is 1.80 bits per heavy atom. The number of allylic oxidation sites excluding steroid dienone is 1. The van der Waals surface area contributed by atoms with Crippen LogP contribution in [0.25, 0.3) is 0 Å². The fourth-order valence-electron chi connectivity index (χ4n) is 4.45. The first-order valence-electron chi connectivity index (χ1n) is 8.03. The monoisotopic (exact) mass is 278 g/mol. The van der Waals surface area contributed by atoms with E-state index in [4.69, 9.17) is 4.74 Å². The Hall–Kier alpha value is -1.12. The summed E-state index contributed by atoms with van der Waals surface area (Å²) < 4.78 is 5.17. The Bertz CT molecular complexity index is 426. The number of cyclic esters (lactones) is 2. The van der Waals surface area contributed by atoms with Crippen molar-refractivity contribution in [2.45, 2.75) is 65.7 Å². The smallest absolute Gasteiger partial charge is 0.324 e. The van der Waals surface area contributed by atoms with Gasteiger partial charge in [-0.2, -0.15) is 0 Å². The summed E-state index contributed by atoms with van der Waals surface area (Å²) in [7, 11) is 0. The number of esters is 2. The Morgan fingerprint density at radius 1 is 1.10 bits per heavy atom. The summed E-state index contributed by atoms with van der Waals surface area (Å²) in [5.41, 5.74) is -1.31. The third kappa shape index (κ3) is 1.86. The van der Waals surface area contributed by atoms with Crippen molar-refractivity contribution in [1.82, 2.24) is 0 Å². The molecule has 0 bridgehead atoms. The Kier molecular flexibility index (Phi) is 4.36. The van der Waals surface area contributed by atoms with Gasteiger partial charge >= 0.3 is 11.9 Å². The second-order valence-electron chi connectivity index (χ2n) is 6.24. The zero-order valence-electron chi connectivity index (χ0n) is 12.9. The van der Waals surface area contributed by atoms with Crippen molar-refractivity contribution >= 4 is 11.9 Å². The SMILES string of the molecule is CCCC1CC=CC2(CCC)C(=O)OC(=O)C12CCC. The molecule has 0 aromatic rings. The van der Waals surface area contributed by atoms with E-state index in [9.17, 15) is 9.59 Å². The number of hydrogen-bond donors (Lipinski definition) is 0. The summed E-state index contributed by atoms with van der Waals surface area (Å²) in [6, 6.07) is 0. The van der Waals surface area contributed by atoms with Crippen LogP contribution in [0.1, 0.15) is 65.7 Å². The molecular weight excluding hydrogens is 252 g/mol. The third-order valence-corrected chi connectivity index (χ3v) is 5.16. The number of carbonyl (C=O) groups excluding carboxylic acids is 2. The molecule has 20 heavy (non-hydrogen) atoms. The van der Waals surface area contributed by atoms with Crippen LogP contribution < -0.4 is 0 Å². The van der Waals surface area contributed by atoms with E-state index in [1.807, 2.05) is 6.08 Å². The van der Waals surface area contributed by atoms with E-state index in [0.29, 0.717) is 6.42 Å². The average molecular weight is 278 g/mol. The van der Waals surface area contributed by atoms with E-state index in [-0.39, 0.29) is 17.9 Å². The number of carbonyl (C=O) groups is 2. The summed E-state index contributed by atoms with van der Waals surface area (Å²) >= 11 is 0. The molecule has 2 rings (SSSR count). The minimum absolute atomic E-state index is 0.239. The Balaban J connectivity index is 2.57. The van der Waals surface area contributed by atoms with Crippen LogP contribution in [0.15, 0.2) is 12.2 Å². The van der Waals surface area contributed by atoms with Crippen molar-refractivity contribution in [3.8, 4) is 0 Å². The Labute approximate surface area is 121 Å². The van der Waals surface area contributed by atoms with Crippen LogP contribution in [-0.2, 0) is 14.3 Å². The van der Waals surface area contributed by atoms with Gasteiger partial charge in [0, 0.05) is 0 Å². The summed E-state index contributed by atoms with van der Waals surface area (Å²) in [6.07, 6.45) is 10.3. The van der Waals surface area contributed by atoms with E-state index in [1.165, 1.54) is 0 Å². The largest absolute Gasteiger partial charge is 0.392 e. The number of fused-ring (bicyclic) bond motifs is 1. The standard InChI is InChI=1S/C17H26O3/c1-4-8-13-9-7-12-16(10-5-2)14(18)20-15(19)17(13,16)11-6-3/h7,12-13H,4-6,8-11H2,1-3H3. The molecule has 2 aliphatic rings. The van der Waals surface area contributed by atoms with Crippen LogP contribution in [0.3, 0.4) is 0 Å². The molecule has 1 saturated heterocycles. The van der Waals surface area contributed by atoms with E-state index in [1.54, 1.807) is 0 Å². The first-order chi connectivity index (χ1) is 9.59. The van der Waals surface area contributed by atoms with Crippen molar-refractivity contribution in [3.05, 3.63) is 12.2 Å². The highest BCUT2D eigenvalue weighted by atomic mass is 16.6. The molecule has 3 atom stereocenters. The summed E-state index contributed by atoms with van der Waals surface area (Å²) in [6.45, 7) is 6.29. The molecule has 112 valence electrons. The molecule has 0 amide bonds. The van der Waals surface area contributed by atoms with Crippen molar-refractivity contribution in [2.75, 3.05) is 0 Å². The third-order valence-electron chi connectivity index (χ3n) is 5.16. The van der Waals surface area contributed by atoms with Crippen molar-refractivity contribution in [3.63, 3.8) is 0 Å². The van der Waals surface area contributed by atoms with Crippen LogP contribution >= 0.6 is 0 Å². The van der Waals surface area contributed by atoms with Crippen LogP contribution in [-0.4, -0.2) is 11.9 Å². The lowest BCUT2D eigenvalue weighted by atomic mass is 9.51. The topological polar surface area (TPSA) is 43.4 Å².